The molecule has 2 heteroatoms. The van der Waals surface area contributed by atoms with Crippen molar-refractivity contribution in [3.63, 3.8) is 0 Å². The fraction of sp³-hybridized carbons (Fsp3) is 0.304. The Morgan fingerprint density at radius 2 is 0.896 bits per heavy atom. The zero-order chi connectivity index (χ0) is 30.7. The number of rotatable bonds is 6. The van der Waals surface area contributed by atoms with Crippen LogP contribution in [0.2, 0.25) is 11.1 Å². The average molecular weight is 811 g/mol. The molecule has 0 aliphatic heterocycles. The van der Waals surface area contributed by atoms with E-state index in [9.17, 15) is 0 Å². The van der Waals surface area contributed by atoms with Crippen LogP contribution in [0.5, 0.6) is 0 Å². The van der Waals surface area contributed by atoms with Crippen molar-refractivity contribution >= 4 is 40.0 Å². The van der Waals surface area contributed by atoms with E-state index < -0.39 is 8.07 Å². The Hall–Kier alpha value is -2.81. The van der Waals surface area contributed by atoms with E-state index in [1.165, 1.54) is 117 Å². The fourth-order valence-electron chi connectivity index (χ4n) is 9.67. The zero-order valence-corrected chi connectivity index (χ0v) is 34.6. The molecule has 2 fully saturated rings. The molecule has 2 aliphatic rings. The van der Waals surface area contributed by atoms with E-state index >= 15 is 0 Å². The number of fused-ring (bicyclic) bond motifs is 2. The summed E-state index contributed by atoms with van der Waals surface area (Å²) < 4.78 is 0. The second kappa shape index (κ2) is 14.6. The maximum absolute atomic E-state index is 2.71. The quantitative estimate of drug-likeness (QED) is 0.116. The first-order valence-corrected chi connectivity index (χ1v) is 19.6. The molecule has 0 nitrogen and oxygen atoms in total. The van der Waals surface area contributed by atoms with Crippen LogP contribution in [0.1, 0.15) is 73.6 Å². The summed E-state index contributed by atoms with van der Waals surface area (Å²) in [6.45, 7) is 9.00. The Morgan fingerprint density at radius 1 is 0.500 bits per heavy atom. The van der Waals surface area contributed by atoms with Gasteiger partial charge in [-0.1, -0.05) is 122 Å². The van der Waals surface area contributed by atoms with Gasteiger partial charge in [0, 0.05) is 0 Å². The number of aryl methyl sites for hydroxylation is 4. The molecule has 2 aliphatic carbocycles. The summed E-state index contributed by atoms with van der Waals surface area (Å²) in [6, 6.07) is 38.8. The summed E-state index contributed by atoms with van der Waals surface area (Å²) in [5.74, 6) is 0. The van der Waals surface area contributed by atoms with Crippen LogP contribution in [0.15, 0.2) is 97.1 Å². The van der Waals surface area contributed by atoms with Crippen LogP contribution in [0.25, 0.3) is 43.8 Å². The number of hydrogen-bond acceptors (Lipinski definition) is 0. The van der Waals surface area contributed by atoms with Crippen molar-refractivity contribution in [1.29, 1.82) is 0 Å². The third kappa shape index (κ3) is 6.00. The molecule has 0 aromatic heterocycles. The van der Waals surface area contributed by atoms with Crippen LogP contribution < -0.4 is 10.4 Å². The van der Waals surface area contributed by atoms with Crippen LogP contribution >= 0.6 is 0 Å². The summed E-state index contributed by atoms with van der Waals surface area (Å²) in [4.78, 5) is 0. The van der Waals surface area contributed by atoms with E-state index in [2.05, 4.69) is 125 Å². The summed E-state index contributed by atoms with van der Waals surface area (Å²) in [5, 5.41) is 9.23. The monoisotopic (exact) mass is 812 g/mol. The molecule has 0 amide bonds. The molecule has 0 bridgehead atoms. The molecule has 0 spiro atoms. The van der Waals surface area contributed by atoms with Crippen molar-refractivity contribution in [3.8, 4) is 22.3 Å². The SMILES string of the molecule is Cc1ccc(C)c(-c2cccc3[cH-]c([Si](c4cc5c(-c6cc(C)ccc6C)cccc5[cH-]4)(C4CCCC4)C4CCCC4)cc23)c1.[CH3-].[CH3-].[Hf+4]. The van der Waals surface area contributed by atoms with Gasteiger partial charge in [-0.2, -0.15) is 12.1 Å². The van der Waals surface area contributed by atoms with Gasteiger partial charge in [0.05, 0.1) is 8.07 Å². The molecule has 0 unspecified atom stereocenters. The van der Waals surface area contributed by atoms with Crippen molar-refractivity contribution in [1.82, 2.24) is 0 Å². The summed E-state index contributed by atoms with van der Waals surface area (Å²) in [6.07, 6.45) is 11.2. The van der Waals surface area contributed by atoms with Crippen molar-refractivity contribution in [3.05, 3.63) is 134 Å². The van der Waals surface area contributed by atoms with Gasteiger partial charge in [-0.05, 0) is 61.0 Å². The molecule has 0 atom stereocenters. The van der Waals surface area contributed by atoms with Crippen LogP contribution in [0.4, 0.5) is 0 Å². The minimum Gasteiger partial charge on any atom is -0.358 e. The standard InChI is InChI=1S/C44H46Si.2CH3.Hf/c1-29-19-21-31(3)41(23-29)39-17-9-11-33-25-37(27-43(33)39)45(35-13-5-6-14-35,36-15-7-8-16-36)38-26-34-12-10-18-40(44(34)28-38)42-24-30(2)20-22-32(42)4;;;/h9-12,17-28,35-36H,5-8,13-16H2,1-4H3;2*1H3;/q-2;2*-1;+4. The van der Waals surface area contributed by atoms with Gasteiger partial charge in [0.2, 0.25) is 0 Å². The van der Waals surface area contributed by atoms with Gasteiger partial charge < -0.3 is 14.9 Å². The maximum Gasteiger partial charge on any atom is 4.00 e. The Kier molecular flexibility index (Phi) is 11.1. The molecular formula is C46H52HfSi. The molecule has 0 saturated heterocycles. The first-order chi connectivity index (χ1) is 21.9. The van der Waals surface area contributed by atoms with E-state index in [1.807, 2.05) is 0 Å². The zero-order valence-electron chi connectivity index (χ0n) is 30.0. The van der Waals surface area contributed by atoms with Crippen LogP contribution in [0.3, 0.4) is 0 Å². The van der Waals surface area contributed by atoms with Crippen LogP contribution in [-0.4, -0.2) is 8.07 Å². The largest absolute Gasteiger partial charge is 4.00 e. The molecule has 6 aromatic rings. The number of benzene rings is 4. The van der Waals surface area contributed by atoms with Crippen molar-refractivity contribution < 1.29 is 25.8 Å². The van der Waals surface area contributed by atoms with E-state index in [-0.39, 0.29) is 40.7 Å². The Labute approximate surface area is 310 Å². The number of hydrogen-bond donors (Lipinski definition) is 0. The molecule has 8 rings (SSSR count). The van der Waals surface area contributed by atoms with Gasteiger partial charge in [0.15, 0.2) is 0 Å². The minimum absolute atomic E-state index is 0. The third-order valence-corrected chi connectivity index (χ3v) is 18.0. The minimum atomic E-state index is -2.14. The van der Waals surface area contributed by atoms with Crippen LogP contribution in [-0.2, 0) is 25.8 Å². The second-order valence-corrected chi connectivity index (χ2v) is 19.1. The van der Waals surface area contributed by atoms with Gasteiger partial charge in [0.1, 0.15) is 0 Å². The van der Waals surface area contributed by atoms with Crippen molar-refractivity contribution in [2.75, 3.05) is 0 Å². The Morgan fingerprint density at radius 3 is 1.29 bits per heavy atom. The molecule has 2 saturated carbocycles. The molecule has 6 aromatic carbocycles. The third-order valence-electron chi connectivity index (χ3n) is 11.8. The molecule has 244 valence electrons. The Bertz CT molecular complexity index is 1880. The molecule has 0 N–H and O–H groups in total. The van der Waals surface area contributed by atoms with Gasteiger partial charge in [0.25, 0.3) is 0 Å². The summed E-state index contributed by atoms with van der Waals surface area (Å²) in [5.41, 5.74) is 12.7. The first kappa shape index (κ1) is 36.5. The summed E-state index contributed by atoms with van der Waals surface area (Å²) >= 11 is 0. The molecule has 0 heterocycles. The fourth-order valence-corrected chi connectivity index (χ4v) is 16.8. The molecule has 48 heavy (non-hydrogen) atoms. The van der Waals surface area contributed by atoms with E-state index in [0.29, 0.717) is 0 Å². The predicted molar refractivity (Wildman–Crippen MR) is 211 cm³/mol. The topological polar surface area (TPSA) is 0 Å². The van der Waals surface area contributed by atoms with Crippen molar-refractivity contribution in [2.45, 2.75) is 90.1 Å². The van der Waals surface area contributed by atoms with E-state index in [0.717, 1.165) is 11.1 Å². The molecule has 0 radical (unpaired) electrons. The van der Waals surface area contributed by atoms with E-state index in [4.69, 9.17) is 0 Å². The maximum atomic E-state index is 2.71. The second-order valence-electron chi connectivity index (χ2n) is 14.6. The van der Waals surface area contributed by atoms with Gasteiger partial charge in [-0.3, -0.25) is 0 Å². The smallest absolute Gasteiger partial charge is 0.358 e. The van der Waals surface area contributed by atoms with Crippen molar-refractivity contribution in [2.24, 2.45) is 0 Å². The Balaban J connectivity index is 0.00000150. The van der Waals surface area contributed by atoms with Crippen LogP contribution in [0, 0.1) is 42.5 Å². The summed E-state index contributed by atoms with van der Waals surface area (Å²) in [7, 11) is -2.14. The van der Waals surface area contributed by atoms with E-state index in [1.54, 1.807) is 10.4 Å². The first-order valence-electron chi connectivity index (χ1n) is 17.5. The van der Waals surface area contributed by atoms with Gasteiger partial charge in [-0.25, -0.2) is 0 Å². The normalized spacial score (nSPS) is 15.4. The molecular weight excluding hydrogens is 759 g/mol. The predicted octanol–water partition coefficient (Wildman–Crippen LogP) is 12.3. The average Bonchev–Trinajstić information content (AvgIpc) is 3.87. The van der Waals surface area contributed by atoms with Gasteiger partial charge >= 0.3 is 25.8 Å². The van der Waals surface area contributed by atoms with Gasteiger partial charge in [-0.15, -0.1) is 68.3 Å².